The molecule has 0 aromatic carbocycles. The molecule has 1 spiro atoms. The quantitative estimate of drug-likeness (QED) is 0.418. The molecule has 2 rings (SSSR count). The molecule has 3 N–H and O–H groups in total. The molecule has 3 unspecified atom stereocenters. The van der Waals surface area contributed by atoms with Gasteiger partial charge in [0.25, 0.3) is 0 Å². The van der Waals surface area contributed by atoms with E-state index in [1.54, 1.807) is 21.0 Å². The Bertz CT molecular complexity index is 606. The lowest BCUT2D eigenvalue weighted by atomic mass is 9.63. The first kappa shape index (κ1) is 24.1. The Kier molecular flexibility index (Phi) is 7.42. The number of amides is 1. The first-order valence-corrected chi connectivity index (χ1v) is 10.5. The Hall–Kier alpha value is -1.15. The summed E-state index contributed by atoms with van der Waals surface area (Å²) in [5, 5.41) is 23.6. The third-order valence-electron chi connectivity index (χ3n) is 6.50. The van der Waals surface area contributed by atoms with Gasteiger partial charge in [-0.3, -0.25) is 0 Å². The van der Waals surface area contributed by atoms with E-state index in [0.717, 1.165) is 6.42 Å². The minimum atomic E-state index is -1.06. The molecule has 2 fully saturated rings. The van der Waals surface area contributed by atoms with Crippen molar-refractivity contribution < 1.29 is 29.2 Å². The lowest BCUT2D eigenvalue weighted by Gasteiger charge is -2.49. The van der Waals surface area contributed by atoms with Crippen molar-refractivity contribution in [1.29, 1.82) is 0 Å². The molecule has 0 aromatic rings. The molecule has 168 valence electrons. The molecule has 1 aliphatic heterocycles. The molecule has 1 amide bonds. The van der Waals surface area contributed by atoms with Crippen molar-refractivity contribution in [3.63, 3.8) is 0 Å². The van der Waals surface area contributed by atoms with Gasteiger partial charge in [-0.05, 0) is 59.8 Å². The van der Waals surface area contributed by atoms with Crippen LogP contribution in [0.4, 0.5) is 4.79 Å². The monoisotopic (exact) mass is 413 g/mol. The average Bonchev–Trinajstić information content (AvgIpc) is 3.39. The zero-order chi connectivity index (χ0) is 22.0. The van der Waals surface area contributed by atoms with Crippen LogP contribution in [-0.4, -0.2) is 65.6 Å². The van der Waals surface area contributed by atoms with Gasteiger partial charge in [0.05, 0.1) is 30.0 Å². The summed E-state index contributed by atoms with van der Waals surface area (Å²) in [6.07, 6.45) is 2.58. The van der Waals surface area contributed by atoms with Crippen molar-refractivity contribution in [2.24, 2.45) is 11.8 Å². The maximum Gasteiger partial charge on any atom is 0.407 e. The minimum absolute atomic E-state index is 0.0259. The zero-order valence-electron chi connectivity index (χ0n) is 18.9. The van der Waals surface area contributed by atoms with Gasteiger partial charge in [-0.1, -0.05) is 18.6 Å². The summed E-state index contributed by atoms with van der Waals surface area (Å²) in [6, 6.07) is 0. The molecule has 7 heteroatoms. The van der Waals surface area contributed by atoms with Crippen molar-refractivity contribution in [3.05, 3.63) is 11.6 Å². The lowest BCUT2D eigenvalue weighted by Crippen LogP contribution is -2.61. The number of rotatable bonds is 8. The normalized spacial score (nSPS) is 32.2. The van der Waals surface area contributed by atoms with Crippen LogP contribution < -0.4 is 5.32 Å². The van der Waals surface area contributed by atoms with Crippen LogP contribution in [0, 0.1) is 11.8 Å². The zero-order valence-corrected chi connectivity index (χ0v) is 18.9. The summed E-state index contributed by atoms with van der Waals surface area (Å²) in [7, 11) is 1.59. The van der Waals surface area contributed by atoms with E-state index in [1.165, 1.54) is 5.57 Å². The number of aliphatic hydroxyl groups excluding tert-OH is 1. The Balaban J connectivity index is 2.21. The average molecular weight is 414 g/mol. The molecule has 29 heavy (non-hydrogen) atoms. The predicted octanol–water partition coefficient (Wildman–Crippen LogP) is 2.79. The van der Waals surface area contributed by atoms with Gasteiger partial charge in [-0.2, -0.15) is 0 Å². The second kappa shape index (κ2) is 8.92. The fourth-order valence-corrected chi connectivity index (χ4v) is 4.36. The molecule has 0 radical (unpaired) electrons. The van der Waals surface area contributed by atoms with Crippen LogP contribution in [0.15, 0.2) is 11.6 Å². The van der Waals surface area contributed by atoms with E-state index in [9.17, 15) is 15.0 Å². The molecule has 0 aromatic heterocycles. The van der Waals surface area contributed by atoms with Crippen LogP contribution in [0.25, 0.3) is 0 Å². The van der Waals surface area contributed by atoms with E-state index in [1.807, 2.05) is 27.7 Å². The van der Waals surface area contributed by atoms with Crippen molar-refractivity contribution in [2.45, 2.75) is 89.8 Å². The van der Waals surface area contributed by atoms with Gasteiger partial charge in [0.2, 0.25) is 0 Å². The number of carbonyl (C=O) groups excluding carboxylic acids is 1. The third kappa shape index (κ3) is 5.51. The number of allylic oxidation sites excluding steroid dienone is 2. The summed E-state index contributed by atoms with van der Waals surface area (Å²) in [4.78, 5) is 12.4. The number of hydrogen-bond donors (Lipinski definition) is 3. The van der Waals surface area contributed by atoms with Gasteiger partial charge < -0.3 is 29.7 Å². The standard InChI is InChI=1S/C22H39NO6/c1-14(2)8-9-15(3)21(6,26)18-17(27-7)16(10-11-22(18)13-28-22)29-19(25)23-20(4,5)12-24/h8,15-18,24,26H,9-13H2,1-7H3,(H,23,25)/t15-,16?,17?,18?,21-,22+/m1/s1. The van der Waals surface area contributed by atoms with E-state index >= 15 is 0 Å². The number of hydrogen-bond acceptors (Lipinski definition) is 6. The Morgan fingerprint density at radius 1 is 1.38 bits per heavy atom. The SMILES string of the molecule is COC1C(OC(=O)NC(C)(C)CO)CC[C@]2(CO2)C1[C@](C)(O)[C@H](C)CC=C(C)C. The van der Waals surface area contributed by atoms with E-state index in [-0.39, 0.29) is 18.4 Å². The predicted molar refractivity (Wildman–Crippen MR) is 111 cm³/mol. The molecular formula is C22H39NO6. The molecule has 7 nitrogen and oxygen atoms in total. The molecule has 2 aliphatic rings. The maximum atomic E-state index is 12.4. The number of epoxide rings is 1. The topological polar surface area (TPSA) is 101 Å². The van der Waals surface area contributed by atoms with Gasteiger partial charge in [-0.15, -0.1) is 0 Å². The molecule has 1 saturated heterocycles. The van der Waals surface area contributed by atoms with E-state index in [4.69, 9.17) is 14.2 Å². The summed E-state index contributed by atoms with van der Waals surface area (Å²) in [5.41, 5.74) is -1.06. The molecular weight excluding hydrogens is 374 g/mol. The second-order valence-electron chi connectivity index (χ2n) is 9.82. The van der Waals surface area contributed by atoms with Crippen molar-refractivity contribution >= 4 is 6.09 Å². The van der Waals surface area contributed by atoms with Gasteiger partial charge in [0.1, 0.15) is 12.2 Å². The Morgan fingerprint density at radius 3 is 2.48 bits per heavy atom. The highest BCUT2D eigenvalue weighted by Crippen LogP contribution is 2.53. The van der Waals surface area contributed by atoms with E-state index in [0.29, 0.717) is 19.4 Å². The van der Waals surface area contributed by atoms with Crippen LogP contribution in [0.3, 0.4) is 0 Å². The van der Waals surface area contributed by atoms with E-state index < -0.39 is 35.0 Å². The number of nitrogens with one attached hydrogen (secondary N) is 1. The second-order valence-corrected chi connectivity index (χ2v) is 9.82. The van der Waals surface area contributed by atoms with Crippen LogP contribution in [-0.2, 0) is 14.2 Å². The van der Waals surface area contributed by atoms with Crippen LogP contribution in [0.2, 0.25) is 0 Å². The molecule has 1 heterocycles. The van der Waals surface area contributed by atoms with Gasteiger partial charge in [-0.25, -0.2) is 4.79 Å². The fraction of sp³-hybridized carbons (Fsp3) is 0.864. The Morgan fingerprint density at radius 2 is 2.00 bits per heavy atom. The highest BCUT2D eigenvalue weighted by Gasteiger charge is 2.65. The Labute approximate surface area is 174 Å². The number of ether oxygens (including phenoxy) is 3. The number of alkyl carbamates (subject to hydrolysis) is 1. The summed E-state index contributed by atoms with van der Waals surface area (Å²) >= 11 is 0. The van der Waals surface area contributed by atoms with Gasteiger partial charge in [0.15, 0.2) is 0 Å². The summed E-state index contributed by atoms with van der Waals surface area (Å²) in [5.74, 6) is -0.347. The smallest absolute Gasteiger partial charge is 0.407 e. The molecule has 6 atom stereocenters. The molecule has 1 aliphatic carbocycles. The molecule has 0 bridgehead atoms. The van der Waals surface area contributed by atoms with Gasteiger partial charge in [0, 0.05) is 13.0 Å². The van der Waals surface area contributed by atoms with Crippen molar-refractivity contribution in [2.75, 3.05) is 20.3 Å². The maximum absolute atomic E-state index is 12.4. The number of carbonyl (C=O) groups is 1. The van der Waals surface area contributed by atoms with E-state index in [2.05, 4.69) is 11.4 Å². The highest BCUT2D eigenvalue weighted by molar-refractivity contribution is 5.68. The lowest BCUT2D eigenvalue weighted by molar-refractivity contribution is -0.178. The largest absolute Gasteiger partial charge is 0.443 e. The first-order valence-electron chi connectivity index (χ1n) is 10.5. The van der Waals surface area contributed by atoms with Crippen molar-refractivity contribution in [3.8, 4) is 0 Å². The van der Waals surface area contributed by atoms with Crippen LogP contribution in [0.1, 0.15) is 60.8 Å². The van der Waals surface area contributed by atoms with Gasteiger partial charge >= 0.3 is 6.09 Å². The first-order chi connectivity index (χ1) is 13.4. The van der Waals surface area contributed by atoms with Crippen molar-refractivity contribution in [1.82, 2.24) is 5.32 Å². The summed E-state index contributed by atoms with van der Waals surface area (Å²) in [6.45, 7) is 11.8. The van der Waals surface area contributed by atoms with Crippen LogP contribution in [0.5, 0.6) is 0 Å². The third-order valence-corrected chi connectivity index (χ3v) is 6.50. The number of methoxy groups -OCH3 is 1. The minimum Gasteiger partial charge on any atom is -0.443 e. The van der Waals surface area contributed by atoms with Crippen LogP contribution >= 0.6 is 0 Å². The number of aliphatic hydroxyl groups is 2. The highest BCUT2D eigenvalue weighted by atomic mass is 16.6. The fourth-order valence-electron chi connectivity index (χ4n) is 4.36. The summed E-state index contributed by atoms with van der Waals surface area (Å²) < 4.78 is 17.3. The molecule has 1 saturated carbocycles.